The van der Waals surface area contributed by atoms with Gasteiger partial charge in [0.1, 0.15) is 16.7 Å². The molecule has 124 valence electrons. The zero-order chi connectivity index (χ0) is 17.0. The van der Waals surface area contributed by atoms with E-state index in [1.807, 2.05) is 23.8 Å². The fraction of sp³-hybridized carbons (Fsp3) is 0.375. The SMILES string of the molecule is Cc1cc[n+](CCCCCC(=O)O)c2ccc(S(=O)(=O)[O-])cc12. The highest BCUT2D eigenvalue weighted by atomic mass is 32.2. The monoisotopic (exact) mass is 337 g/mol. The van der Waals surface area contributed by atoms with Gasteiger partial charge in [-0.3, -0.25) is 4.79 Å². The van der Waals surface area contributed by atoms with Crippen molar-refractivity contribution in [2.45, 2.75) is 44.0 Å². The van der Waals surface area contributed by atoms with Crippen molar-refractivity contribution in [1.29, 1.82) is 0 Å². The molecule has 0 spiro atoms. The molecule has 0 radical (unpaired) electrons. The first-order valence-corrected chi connectivity index (χ1v) is 8.80. The highest BCUT2D eigenvalue weighted by Crippen LogP contribution is 2.19. The first-order chi connectivity index (χ1) is 10.8. The first kappa shape index (κ1) is 17.4. The number of aryl methyl sites for hydroxylation is 2. The van der Waals surface area contributed by atoms with Crippen LogP contribution in [0.15, 0.2) is 35.4 Å². The Bertz CT molecular complexity index is 830. The second kappa shape index (κ2) is 7.06. The van der Waals surface area contributed by atoms with Crippen molar-refractivity contribution < 1.29 is 27.4 Å². The Kier molecular flexibility index (Phi) is 5.33. The van der Waals surface area contributed by atoms with Crippen molar-refractivity contribution in [3.05, 3.63) is 36.0 Å². The van der Waals surface area contributed by atoms with E-state index in [0.717, 1.165) is 29.3 Å². The van der Waals surface area contributed by atoms with E-state index in [-0.39, 0.29) is 11.3 Å². The molecule has 1 N–H and O–H groups in total. The fourth-order valence-corrected chi connectivity index (χ4v) is 3.04. The summed E-state index contributed by atoms with van der Waals surface area (Å²) in [6.07, 6.45) is 4.36. The molecular weight excluding hydrogens is 318 g/mol. The van der Waals surface area contributed by atoms with Crippen LogP contribution in [0.25, 0.3) is 10.9 Å². The third kappa shape index (κ3) is 4.49. The zero-order valence-corrected chi connectivity index (χ0v) is 13.7. The predicted molar refractivity (Wildman–Crippen MR) is 82.9 cm³/mol. The van der Waals surface area contributed by atoms with Crippen molar-refractivity contribution in [2.75, 3.05) is 0 Å². The molecule has 2 aromatic rings. The van der Waals surface area contributed by atoms with Gasteiger partial charge >= 0.3 is 5.97 Å². The second-order valence-electron chi connectivity index (χ2n) is 5.53. The van der Waals surface area contributed by atoms with E-state index in [4.69, 9.17) is 5.11 Å². The molecule has 1 aromatic heterocycles. The van der Waals surface area contributed by atoms with Crippen LogP contribution in [-0.2, 0) is 21.5 Å². The maximum Gasteiger partial charge on any atom is 0.303 e. The maximum atomic E-state index is 11.2. The van der Waals surface area contributed by atoms with Gasteiger partial charge in [-0.2, -0.15) is 4.57 Å². The lowest BCUT2D eigenvalue weighted by Crippen LogP contribution is -2.34. The van der Waals surface area contributed by atoms with Gasteiger partial charge in [0.2, 0.25) is 5.52 Å². The van der Waals surface area contributed by atoms with Gasteiger partial charge < -0.3 is 9.66 Å². The summed E-state index contributed by atoms with van der Waals surface area (Å²) >= 11 is 0. The van der Waals surface area contributed by atoms with Gasteiger partial charge in [-0.15, -0.1) is 0 Å². The van der Waals surface area contributed by atoms with Gasteiger partial charge in [0.05, 0.1) is 10.3 Å². The van der Waals surface area contributed by atoms with E-state index in [9.17, 15) is 17.8 Å². The van der Waals surface area contributed by atoms with Crippen LogP contribution >= 0.6 is 0 Å². The number of unbranched alkanes of at least 4 members (excludes halogenated alkanes) is 2. The van der Waals surface area contributed by atoms with Crippen LogP contribution in [0.4, 0.5) is 0 Å². The van der Waals surface area contributed by atoms with Crippen LogP contribution in [0.3, 0.4) is 0 Å². The Labute approximate surface area is 135 Å². The average Bonchev–Trinajstić information content (AvgIpc) is 2.47. The third-order valence-electron chi connectivity index (χ3n) is 3.79. The molecule has 0 saturated carbocycles. The Morgan fingerprint density at radius 1 is 1.22 bits per heavy atom. The highest BCUT2D eigenvalue weighted by molar-refractivity contribution is 7.85. The number of carboxylic acid groups (broad SMARTS) is 1. The van der Waals surface area contributed by atoms with Crippen LogP contribution in [0, 0.1) is 6.92 Å². The number of pyridine rings is 1. The fourth-order valence-electron chi connectivity index (χ4n) is 2.54. The van der Waals surface area contributed by atoms with E-state index < -0.39 is 16.1 Å². The average molecular weight is 337 g/mol. The molecule has 0 atom stereocenters. The summed E-state index contributed by atoms with van der Waals surface area (Å²) in [5.41, 5.74) is 1.75. The minimum absolute atomic E-state index is 0.171. The number of hydrogen-bond donors (Lipinski definition) is 1. The molecule has 23 heavy (non-hydrogen) atoms. The topological polar surface area (TPSA) is 98.4 Å². The Morgan fingerprint density at radius 2 is 1.96 bits per heavy atom. The summed E-state index contributed by atoms with van der Waals surface area (Å²) in [5, 5.41) is 9.35. The van der Waals surface area contributed by atoms with Gasteiger partial charge in [-0.05, 0) is 37.5 Å². The first-order valence-electron chi connectivity index (χ1n) is 7.39. The van der Waals surface area contributed by atoms with E-state index in [1.54, 1.807) is 6.07 Å². The van der Waals surface area contributed by atoms with Gasteiger partial charge in [-0.1, -0.05) is 0 Å². The van der Waals surface area contributed by atoms with Gasteiger partial charge in [0.15, 0.2) is 6.20 Å². The summed E-state index contributed by atoms with van der Waals surface area (Å²) in [7, 11) is -4.47. The summed E-state index contributed by atoms with van der Waals surface area (Å²) < 4.78 is 35.5. The summed E-state index contributed by atoms with van der Waals surface area (Å²) in [6, 6.07) is 6.25. The number of rotatable bonds is 7. The van der Waals surface area contributed by atoms with E-state index in [0.29, 0.717) is 13.0 Å². The molecule has 2 rings (SSSR count). The quantitative estimate of drug-likeness (QED) is 0.473. The van der Waals surface area contributed by atoms with Gasteiger partial charge in [0, 0.05) is 25.0 Å². The molecular formula is C16H19NO5S. The molecule has 1 heterocycles. The lowest BCUT2D eigenvalue weighted by Gasteiger charge is -2.09. The van der Waals surface area contributed by atoms with Crippen LogP contribution in [-0.4, -0.2) is 24.0 Å². The van der Waals surface area contributed by atoms with Crippen molar-refractivity contribution >= 4 is 27.0 Å². The zero-order valence-electron chi connectivity index (χ0n) is 12.9. The molecule has 0 amide bonds. The predicted octanol–water partition coefficient (Wildman–Crippen LogP) is 1.98. The standard InChI is InChI=1S/C16H19NO5S/c1-12-8-10-17(9-4-2-3-5-16(18)19)15-7-6-13(11-14(12)15)23(20,21)22/h6-8,10-11H,2-5,9H2,1H3,(H-,18,19,20,21,22). The molecule has 0 unspecified atom stereocenters. The molecule has 0 aliphatic heterocycles. The third-order valence-corrected chi connectivity index (χ3v) is 4.62. The molecule has 0 fully saturated rings. The maximum absolute atomic E-state index is 11.2. The van der Waals surface area contributed by atoms with Crippen molar-refractivity contribution in [3.8, 4) is 0 Å². The van der Waals surface area contributed by atoms with Crippen molar-refractivity contribution in [3.63, 3.8) is 0 Å². The molecule has 0 aliphatic carbocycles. The number of nitrogens with zero attached hydrogens (tertiary/aromatic N) is 1. The van der Waals surface area contributed by atoms with Crippen molar-refractivity contribution in [2.24, 2.45) is 0 Å². The number of aliphatic carboxylic acids is 1. The van der Waals surface area contributed by atoms with Crippen molar-refractivity contribution in [1.82, 2.24) is 0 Å². The molecule has 0 aliphatic rings. The number of benzene rings is 1. The number of hydrogen-bond acceptors (Lipinski definition) is 4. The highest BCUT2D eigenvalue weighted by Gasteiger charge is 2.13. The minimum Gasteiger partial charge on any atom is -0.744 e. The summed E-state index contributed by atoms with van der Waals surface area (Å²) in [4.78, 5) is 10.2. The molecule has 7 heteroatoms. The van der Waals surface area contributed by atoms with E-state index in [2.05, 4.69) is 0 Å². The van der Waals surface area contributed by atoms with Crippen LogP contribution < -0.4 is 4.57 Å². The van der Waals surface area contributed by atoms with Crippen LogP contribution in [0.1, 0.15) is 31.2 Å². The lowest BCUT2D eigenvalue weighted by atomic mass is 10.1. The minimum atomic E-state index is -4.47. The normalized spacial score (nSPS) is 11.7. The molecule has 6 nitrogen and oxygen atoms in total. The number of carbonyl (C=O) groups is 1. The smallest absolute Gasteiger partial charge is 0.303 e. The molecule has 0 saturated heterocycles. The lowest BCUT2D eigenvalue weighted by molar-refractivity contribution is -0.671. The number of aromatic nitrogens is 1. The summed E-state index contributed by atoms with van der Waals surface area (Å²) in [6.45, 7) is 2.57. The Hall–Kier alpha value is -1.99. The second-order valence-corrected chi connectivity index (χ2v) is 6.91. The van der Waals surface area contributed by atoms with Crippen LogP contribution in [0.2, 0.25) is 0 Å². The molecule has 1 aromatic carbocycles. The van der Waals surface area contributed by atoms with E-state index >= 15 is 0 Å². The summed E-state index contributed by atoms with van der Waals surface area (Å²) in [5.74, 6) is -0.787. The molecule has 0 bridgehead atoms. The number of carboxylic acids is 1. The van der Waals surface area contributed by atoms with E-state index in [1.165, 1.54) is 12.1 Å². The van der Waals surface area contributed by atoms with Gasteiger partial charge in [-0.25, -0.2) is 8.42 Å². The number of fused-ring (bicyclic) bond motifs is 1. The Morgan fingerprint density at radius 3 is 2.61 bits per heavy atom. The van der Waals surface area contributed by atoms with Crippen LogP contribution in [0.5, 0.6) is 0 Å². The van der Waals surface area contributed by atoms with Gasteiger partial charge in [0.25, 0.3) is 0 Å². The largest absolute Gasteiger partial charge is 0.744 e. The Balaban J connectivity index is 2.21.